The van der Waals surface area contributed by atoms with Gasteiger partial charge in [-0.05, 0) is 11.6 Å². The summed E-state index contributed by atoms with van der Waals surface area (Å²) >= 11 is 0. The number of nitrogens with two attached hydrogens (primary N) is 1. The number of benzene rings is 1. The van der Waals surface area contributed by atoms with Crippen molar-refractivity contribution in [2.75, 3.05) is 0 Å². The van der Waals surface area contributed by atoms with Crippen LogP contribution in [0, 0.1) is 5.82 Å². The van der Waals surface area contributed by atoms with Crippen LogP contribution in [0.25, 0.3) is 0 Å². The summed E-state index contributed by atoms with van der Waals surface area (Å²) < 4.78 is 12.8. The lowest BCUT2D eigenvalue weighted by molar-refractivity contribution is 0.173. The predicted octanol–water partition coefficient (Wildman–Crippen LogP) is 1.21. The molecule has 3 heteroatoms. The highest BCUT2D eigenvalue weighted by atomic mass is 19.1. The van der Waals surface area contributed by atoms with E-state index in [0.29, 0.717) is 5.56 Å². The molecular formula is C8H9FNO. The van der Waals surface area contributed by atoms with Crippen molar-refractivity contribution in [3.8, 4) is 0 Å². The van der Waals surface area contributed by atoms with Gasteiger partial charge in [-0.15, -0.1) is 0 Å². The van der Waals surface area contributed by atoms with Gasteiger partial charge in [0.05, 0.1) is 0 Å². The summed E-state index contributed by atoms with van der Waals surface area (Å²) in [5.74, 6) is -0.456. The lowest BCUT2D eigenvalue weighted by Crippen LogP contribution is -2.03. The molecule has 1 radical (unpaired) electrons. The summed E-state index contributed by atoms with van der Waals surface area (Å²) in [4.78, 5) is 0. The molecule has 0 unspecified atom stereocenters. The Morgan fingerprint density at radius 3 is 2.64 bits per heavy atom. The molecule has 0 aliphatic rings. The van der Waals surface area contributed by atoms with Crippen LogP contribution >= 0.6 is 0 Å². The van der Waals surface area contributed by atoms with Crippen molar-refractivity contribution in [2.45, 2.75) is 13.2 Å². The van der Waals surface area contributed by atoms with Crippen LogP contribution in [0.3, 0.4) is 0 Å². The Bertz CT molecular complexity index is 250. The van der Waals surface area contributed by atoms with E-state index in [9.17, 15) is 9.50 Å². The normalized spacial score (nSPS) is 10.1. The smallest absolute Gasteiger partial charge is 0.129 e. The molecule has 0 aliphatic carbocycles. The molecule has 1 aromatic carbocycles. The zero-order valence-electron chi connectivity index (χ0n) is 6.01. The summed E-state index contributed by atoms with van der Waals surface area (Å²) in [5, 5.41) is 10.4. The quantitative estimate of drug-likeness (QED) is 0.683. The number of rotatable bonds is 2. The van der Waals surface area contributed by atoms with Gasteiger partial charge >= 0.3 is 0 Å². The summed E-state index contributed by atoms with van der Waals surface area (Å²) in [6, 6.07) is 4.49. The Kier molecular flexibility index (Phi) is 2.57. The molecular weight excluding hydrogens is 145 g/mol. The molecule has 1 rings (SSSR count). The molecule has 2 N–H and O–H groups in total. The van der Waals surface area contributed by atoms with Crippen molar-refractivity contribution in [2.24, 2.45) is 5.73 Å². The van der Waals surface area contributed by atoms with Crippen molar-refractivity contribution in [3.05, 3.63) is 35.1 Å². The van der Waals surface area contributed by atoms with Crippen LogP contribution in [0.4, 0.5) is 4.39 Å². The predicted molar refractivity (Wildman–Crippen MR) is 38.7 cm³/mol. The first-order valence-electron chi connectivity index (χ1n) is 3.34. The van der Waals surface area contributed by atoms with E-state index in [1.807, 2.05) is 0 Å². The van der Waals surface area contributed by atoms with Gasteiger partial charge in [-0.3, -0.25) is 0 Å². The maximum atomic E-state index is 12.8. The minimum Gasteiger partial charge on any atom is -0.326 e. The second-order valence-electron chi connectivity index (χ2n) is 2.23. The van der Waals surface area contributed by atoms with Crippen LogP contribution in [0.1, 0.15) is 11.1 Å². The molecule has 0 heterocycles. The van der Waals surface area contributed by atoms with Gasteiger partial charge in [0.25, 0.3) is 0 Å². The molecule has 0 atom stereocenters. The topological polar surface area (TPSA) is 45.9 Å². The SMILES string of the molecule is NCc1cccc(F)c1C[O]. The summed E-state index contributed by atoms with van der Waals surface area (Å²) in [6.07, 6.45) is 0. The summed E-state index contributed by atoms with van der Waals surface area (Å²) in [6.45, 7) is -0.325. The Labute approximate surface area is 64.5 Å². The minimum atomic E-state index is -0.542. The molecule has 0 fully saturated rings. The third-order valence-corrected chi connectivity index (χ3v) is 1.58. The molecule has 0 saturated carbocycles. The fourth-order valence-electron chi connectivity index (χ4n) is 0.956. The molecule has 11 heavy (non-hydrogen) atoms. The lowest BCUT2D eigenvalue weighted by atomic mass is 10.1. The van der Waals surface area contributed by atoms with Crippen molar-refractivity contribution in [1.82, 2.24) is 0 Å². The Morgan fingerprint density at radius 2 is 2.18 bits per heavy atom. The molecule has 0 spiro atoms. The van der Waals surface area contributed by atoms with Crippen molar-refractivity contribution in [1.29, 1.82) is 0 Å². The second kappa shape index (κ2) is 3.46. The van der Waals surface area contributed by atoms with E-state index < -0.39 is 12.4 Å². The average molecular weight is 154 g/mol. The van der Waals surface area contributed by atoms with Crippen molar-refractivity contribution < 1.29 is 9.50 Å². The maximum Gasteiger partial charge on any atom is 0.129 e. The van der Waals surface area contributed by atoms with E-state index in [4.69, 9.17) is 5.73 Å². The van der Waals surface area contributed by atoms with E-state index in [-0.39, 0.29) is 12.1 Å². The van der Waals surface area contributed by atoms with Gasteiger partial charge < -0.3 is 5.73 Å². The fourth-order valence-corrected chi connectivity index (χ4v) is 0.956. The van der Waals surface area contributed by atoms with Crippen molar-refractivity contribution in [3.63, 3.8) is 0 Å². The van der Waals surface area contributed by atoms with Crippen LogP contribution in [0.15, 0.2) is 18.2 Å². The number of hydrogen-bond donors (Lipinski definition) is 1. The van der Waals surface area contributed by atoms with Gasteiger partial charge in [0.1, 0.15) is 12.4 Å². The van der Waals surface area contributed by atoms with E-state index >= 15 is 0 Å². The lowest BCUT2D eigenvalue weighted by Gasteiger charge is -2.03. The molecule has 0 aromatic heterocycles. The highest BCUT2D eigenvalue weighted by Crippen LogP contribution is 2.12. The number of halogens is 1. The molecule has 0 aliphatic heterocycles. The minimum absolute atomic E-state index is 0.190. The second-order valence-corrected chi connectivity index (χ2v) is 2.23. The monoisotopic (exact) mass is 154 g/mol. The highest BCUT2D eigenvalue weighted by molar-refractivity contribution is 5.27. The van der Waals surface area contributed by atoms with Gasteiger partial charge in [-0.1, -0.05) is 12.1 Å². The molecule has 0 saturated heterocycles. The van der Waals surface area contributed by atoms with Gasteiger partial charge in [0.2, 0.25) is 0 Å². The van der Waals surface area contributed by atoms with Gasteiger partial charge in [-0.2, -0.15) is 0 Å². The first-order valence-corrected chi connectivity index (χ1v) is 3.34. The molecule has 59 valence electrons. The molecule has 0 amide bonds. The average Bonchev–Trinajstić information content (AvgIpc) is 2.04. The van der Waals surface area contributed by atoms with Gasteiger partial charge in [0, 0.05) is 12.1 Å². The molecule has 0 bridgehead atoms. The molecule has 2 nitrogen and oxygen atoms in total. The zero-order valence-corrected chi connectivity index (χ0v) is 6.01. The van der Waals surface area contributed by atoms with E-state index in [0.717, 1.165) is 0 Å². The van der Waals surface area contributed by atoms with E-state index in [1.165, 1.54) is 6.07 Å². The Balaban J connectivity index is 3.13. The first kappa shape index (κ1) is 8.17. The van der Waals surface area contributed by atoms with Crippen LogP contribution in [-0.4, -0.2) is 0 Å². The first-order chi connectivity index (χ1) is 5.29. The van der Waals surface area contributed by atoms with Crippen LogP contribution in [0.5, 0.6) is 0 Å². The fraction of sp³-hybridized carbons (Fsp3) is 0.250. The number of hydrogen-bond acceptors (Lipinski definition) is 1. The third-order valence-electron chi connectivity index (χ3n) is 1.58. The van der Waals surface area contributed by atoms with Crippen molar-refractivity contribution >= 4 is 0 Å². The van der Waals surface area contributed by atoms with Crippen LogP contribution < -0.4 is 5.73 Å². The van der Waals surface area contributed by atoms with E-state index in [2.05, 4.69) is 0 Å². The highest BCUT2D eigenvalue weighted by Gasteiger charge is 2.05. The molecule has 1 aromatic rings. The third kappa shape index (κ3) is 1.56. The Hall–Kier alpha value is -0.930. The van der Waals surface area contributed by atoms with Gasteiger partial charge in [-0.25, -0.2) is 9.50 Å². The standard InChI is InChI=1S/C8H9FNO/c9-8-3-1-2-6(4-10)7(8)5-11/h1-3H,4-5,10H2. The van der Waals surface area contributed by atoms with Crippen LogP contribution in [0.2, 0.25) is 0 Å². The summed E-state index contributed by atoms with van der Waals surface area (Å²) in [7, 11) is 0. The van der Waals surface area contributed by atoms with E-state index in [1.54, 1.807) is 12.1 Å². The summed E-state index contributed by atoms with van der Waals surface area (Å²) in [5.41, 5.74) is 6.08. The van der Waals surface area contributed by atoms with Gasteiger partial charge in [0.15, 0.2) is 0 Å². The zero-order chi connectivity index (χ0) is 8.27. The van der Waals surface area contributed by atoms with Crippen LogP contribution in [-0.2, 0) is 18.3 Å². The Morgan fingerprint density at radius 1 is 1.45 bits per heavy atom. The largest absolute Gasteiger partial charge is 0.326 e. The maximum absolute atomic E-state index is 12.8.